The van der Waals surface area contributed by atoms with E-state index in [1.54, 1.807) is 25.1 Å². The van der Waals surface area contributed by atoms with Crippen LogP contribution in [-0.2, 0) is 9.59 Å². The third-order valence-electron chi connectivity index (χ3n) is 3.27. The van der Waals surface area contributed by atoms with Gasteiger partial charge in [0.2, 0.25) is 11.8 Å². The summed E-state index contributed by atoms with van der Waals surface area (Å²) in [5, 5.41) is 9.21. The van der Waals surface area contributed by atoms with Crippen LogP contribution < -0.4 is 20.9 Å². The molecule has 1 unspecified atom stereocenters. The number of methoxy groups -OCH3 is 1. The van der Waals surface area contributed by atoms with Crippen LogP contribution in [0.15, 0.2) is 41.3 Å². The maximum atomic E-state index is 12.4. The molecule has 126 valence electrons. The molecule has 1 aromatic carbocycles. The molecule has 0 bridgehead atoms. The van der Waals surface area contributed by atoms with Gasteiger partial charge in [-0.2, -0.15) is 5.10 Å². The topological polar surface area (TPSA) is 102 Å². The van der Waals surface area contributed by atoms with E-state index in [-0.39, 0.29) is 11.5 Å². The minimum absolute atomic E-state index is 0.231. The summed E-state index contributed by atoms with van der Waals surface area (Å²) >= 11 is 0. The zero-order chi connectivity index (χ0) is 17.7. The molecule has 0 radical (unpaired) electrons. The van der Waals surface area contributed by atoms with Crippen LogP contribution in [0.2, 0.25) is 0 Å². The fraction of sp³-hybridized carbons (Fsp3) is 0.250. The molecular weight excluding hydrogens is 312 g/mol. The molecule has 1 atom stereocenters. The number of hydrogen-bond donors (Lipinski definition) is 2. The maximum Gasteiger partial charge on any atom is 0.267 e. The summed E-state index contributed by atoms with van der Waals surface area (Å²) in [6.45, 7) is 2.95. The third kappa shape index (κ3) is 3.97. The minimum atomic E-state index is -0.812. The number of benzene rings is 1. The first-order valence-electron chi connectivity index (χ1n) is 7.22. The Kier molecular flexibility index (Phi) is 5.31. The Morgan fingerprint density at radius 3 is 2.62 bits per heavy atom. The third-order valence-corrected chi connectivity index (χ3v) is 3.27. The largest absolute Gasteiger partial charge is 0.495 e. The van der Waals surface area contributed by atoms with Gasteiger partial charge in [-0.25, -0.2) is 4.68 Å². The molecule has 2 N–H and O–H groups in total. The van der Waals surface area contributed by atoms with Gasteiger partial charge in [0.25, 0.3) is 5.56 Å². The van der Waals surface area contributed by atoms with Gasteiger partial charge in [-0.1, -0.05) is 0 Å². The van der Waals surface area contributed by atoms with Gasteiger partial charge in [-0.05, 0) is 31.2 Å². The molecule has 0 fully saturated rings. The van der Waals surface area contributed by atoms with Crippen molar-refractivity contribution in [2.75, 3.05) is 17.7 Å². The Morgan fingerprint density at radius 2 is 2.00 bits per heavy atom. The molecule has 0 aliphatic rings. The van der Waals surface area contributed by atoms with Gasteiger partial charge in [0.05, 0.1) is 12.8 Å². The van der Waals surface area contributed by atoms with Crippen molar-refractivity contribution in [1.82, 2.24) is 9.78 Å². The van der Waals surface area contributed by atoms with Crippen LogP contribution in [0.1, 0.15) is 19.9 Å². The first-order valence-corrected chi connectivity index (χ1v) is 7.22. The van der Waals surface area contributed by atoms with Crippen molar-refractivity contribution < 1.29 is 14.3 Å². The summed E-state index contributed by atoms with van der Waals surface area (Å²) in [5.41, 5.74) is 0.518. The van der Waals surface area contributed by atoms with Crippen molar-refractivity contribution in [2.24, 2.45) is 0 Å². The lowest BCUT2D eigenvalue weighted by Crippen LogP contribution is -2.32. The molecule has 0 saturated heterocycles. The van der Waals surface area contributed by atoms with Crippen LogP contribution >= 0.6 is 0 Å². The SMILES string of the molecule is COc1ccc(NC(C)=O)cc1NC(=O)C(C)n1ncccc1=O. The Bertz CT molecular complexity index is 816. The van der Waals surface area contributed by atoms with Gasteiger partial charge in [-0.3, -0.25) is 14.4 Å². The number of carbonyl (C=O) groups is 2. The molecule has 2 rings (SSSR count). The van der Waals surface area contributed by atoms with Crippen LogP contribution in [0.25, 0.3) is 0 Å². The van der Waals surface area contributed by atoms with Gasteiger partial charge < -0.3 is 15.4 Å². The van der Waals surface area contributed by atoms with E-state index in [4.69, 9.17) is 4.74 Å². The Hall–Kier alpha value is -3.16. The van der Waals surface area contributed by atoms with Crippen molar-refractivity contribution in [3.63, 3.8) is 0 Å². The van der Waals surface area contributed by atoms with Crippen molar-refractivity contribution in [3.05, 3.63) is 46.9 Å². The zero-order valence-electron chi connectivity index (χ0n) is 13.6. The van der Waals surface area contributed by atoms with E-state index in [2.05, 4.69) is 15.7 Å². The molecule has 8 heteroatoms. The van der Waals surface area contributed by atoms with E-state index in [0.717, 1.165) is 4.68 Å². The van der Waals surface area contributed by atoms with Gasteiger partial charge in [0.15, 0.2) is 0 Å². The predicted molar refractivity (Wildman–Crippen MR) is 89.1 cm³/mol. The van der Waals surface area contributed by atoms with Crippen LogP contribution in [0.5, 0.6) is 5.75 Å². The highest BCUT2D eigenvalue weighted by Gasteiger charge is 2.18. The summed E-state index contributed by atoms with van der Waals surface area (Å²) in [4.78, 5) is 35.3. The number of aromatic nitrogens is 2. The summed E-state index contributed by atoms with van der Waals surface area (Å²) in [6, 6.07) is 6.87. The summed E-state index contributed by atoms with van der Waals surface area (Å²) in [5.74, 6) is -0.238. The number of rotatable bonds is 5. The summed E-state index contributed by atoms with van der Waals surface area (Å²) < 4.78 is 6.29. The van der Waals surface area contributed by atoms with Crippen molar-refractivity contribution in [2.45, 2.75) is 19.9 Å². The number of carbonyl (C=O) groups excluding carboxylic acids is 2. The lowest BCUT2D eigenvalue weighted by molar-refractivity contribution is -0.119. The molecule has 8 nitrogen and oxygen atoms in total. The first kappa shape index (κ1) is 17.2. The molecular formula is C16H18N4O4. The molecule has 1 heterocycles. The number of nitrogens with zero attached hydrogens (tertiary/aromatic N) is 2. The van der Waals surface area contributed by atoms with Gasteiger partial charge in [0.1, 0.15) is 11.8 Å². The Balaban J connectivity index is 2.25. The fourth-order valence-electron chi connectivity index (χ4n) is 2.09. The second kappa shape index (κ2) is 7.40. The number of ether oxygens (including phenoxy) is 1. The van der Waals surface area contributed by atoms with Gasteiger partial charge in [0, 0.05) is 24.9 Å². The van der Waals surface area contributed by atoms with E-state index >= 15 is 0 Å². The second-order valence-electron chi connectivity index (χ2n) is 5.07. The summed E-state index contributed by atoms with van der Waals surface area (Å²) in [6.07, 6.45) is 1.43. The normalized spacial score (nSPS) is 11.5. The minimum Gasteiger partial charge on any atom is -0.495 e. The summed E-state index contributed by atoms with van der Waals surface area (Å²) in [7, 11) is 1.47. The lowest BCUT2D eigenvalue weighted by Gasteiger charge is -2.16. The monoisotopic (exact) mass is 330 g/mol. The van der Waals surface area contributed by atoms with Crippen LogP contribution in [0.3, 0.4) is 0 Å². The number of amides is 2. The van der Waals surface area contributed by atoms with E-state index in [9.17, 15) is 14.4 Å². The lowest BCUT2D eigenvalue weighted by atomic mass is 10.2. The van der Waals surface area contributed by atoms with Crippen LogP contribution in [0.4, 0.5) is 11.4 Å². The number of hydrogen-bond acceptors (Lipinski definition) is 5. The van der Waals surface area contributed by atoms with E-state index < -0.39 is 11.9 Å². The van der Waals surface area contributed by atoms with Gasteiger partial charge in [-0.15, -0.1) is 0 Å². The highest BCUT2D eigenvalue weighted by Crippen LogP contribution is 2.28. The molecule has 24 heavy (non-hydrogen) atoms. The second-order valence-corrected chi connectivity index (χ2v) is 5.07. The molecule has 0 saturated carbocycles. The molecule has 0 aliphatic heterocycles. The molecule has 0 aliphatic carbocycles. The highest BCUT2D eigenvalue weighted by molar-refractivity contribution is 5.96. The predicted octanol–water partition coefficient (Wildman–Crippen LogP) is 1.41. The molecule has 2 aromatic rings. The van der Waals surface area contributed by atoms with Crippen LogP contribution in [-0.4, -0.2) is 28.7 Å². The van der Waals surface area contributed by atoms with Crippen molar-refractivity contribution in [1.29, 1.82) is 0 Å². The first-order chi connectivity index (χ1) is 11.4. The average Bonchev–Trinajstić information content (AvgIpc) is 2.54. The van der Waals surface area contributed by atoms with Crippen molar-refractivity contribution in [3.8, 4) is 5.75 Å². The Morgan fingerprint density at radius 1 is 1.25 bits per heavy atom. The number of nitrogens with one attached hydrogen (secondary N) is 2. The highest BCUT2D eigenvalue weighted by atomic mass is 16.5. The molecule has 2 amide bonds. The number of anilines is 2. The van der Waals surface area contributed by atoms with Gasteiger partial charge >= 0.3 is 0 Å². The average molecular weight is 330 g/mol. The molecule has 0 spiro atoms. The molecule has 1 aromatic heterocycles. The van der Waals surface area contributed by atoms with Crippen molar-refractivity contribution >= 4 is 23.2 Å². The van der Waals surface area contributed by atoms with E-state index in [1.165, 1.54) is 32.4 Å². The fourth-order valence-corrected chi connectivity index (χ4v) is 2.09. The zero-order valence-corrected chi connectivity index (χ0v) is 13.6. The smallest absolute Gasteiger partial charge is 0.267 e. The maximum absolute atomic E-state index is 12.4. The van der Waals surface area contributed by atoms with E-state index in [0.29, 0.717) is 17.1 Å². The van der Waals surface area contributed by atoms with E-state index in [1.807, 2.05) is 0 Å². The van der Waals surface area contributed by atoms with Crippen LogP contribution in [0, 0.1) is 0 Å². The Labute approximate surface area is 138 Å². The quantitative estimate of drug-likeness (QED) is 0.863. The standard InChI is InChI=1S/C16H18N4O4/c1-10(20-15(22)5-4-8-17-20)16(23)19-13-9-12(18-11(2)21)6-7-14(13)24-3/h4-10H,1-3H3,(H,18,21)(H,19,23).